The first-order valence-corrected chi connectivity index (χ1v) is 6.87. The number of hydrogen-bond acceptors (Lipinski definition) is 3. The number of benzene rings is 1. The summed E-state index contributed by atoms with van der Waals surface area (Å²) in [5, 5.41) is 2.87. The molecule has 1 fully saturated rings. The number of amides is 1. The lowest BCUT2D eigenvalue weighted by atomic mass is 9.96. The van der Waals surface area contributed by atoms with E-state index in [0.29, 0.717) is 12.5 Å². The van der Waals surface area contributed by atoms with Crippen LogP contribution in [0.3, 0.4) is 0 Å². The van der Waals surface area contributed by atoms with Gasteiger partial charge in [0.1, 0.15) is 5.75 Å². The normalized spacial score (nSPS) is 17.6. The zero-order chi connectivity index (χ0) is 13.9. The molecule has 0 aliphatic heterocycles. The first-order valence-electron chi connectivity index (χ1n) is 6.87. The number of nitrogens with two attached hydrogens (primary N) is 1. The molecule has 1 atom stereocenters. The Kier molecular flexibility index (Phi) is 4.10. The molecule has 1 saturated carbocycles. The van der Waals surface area contributed by atoms with Crippen LogP contribution in [-0.4, -0.2) is 18.1 Å². The van der Waals surface area contributed by atoms with E-state index in [-0.39, 0.29) is 5.91 Å². The molecule has 1 aromatic rings. The zero-order valence-electron chi connectivity index (χ0n) is 11.6. The van der Waals surface area contributed by atoms with E-state index in [4.69, 9.17) is 10.5 Å². The van der Waals surface area contributed by atoms with E-state index in [0.717, 1.165) is 30.7 Å². The van der Waals surface area contributed by atoms with Crippen molar-refractivity contribution in [3.63, 3.8) is 0 Å². The van der Waals surface area contributed by atoms with Crippen LogP contribution in [0.25, 0.3) is 0 Å². The van der Waals surface area contributed by atoms with Gasteiger partial charge in [-0.25, -0.2) is 0 Å². The largest absolute Gasteiger partial charge is 0.494 e. The van der Waals surface area contributed by atoms with Crippen molar-refractivity contribution in [3.8, 4) is 5.75 Å². The molecule has 104 valence electrons. The lowest BCUT2D eigenvalue weighted by Gasteiger charge is -2.23. The lowest BCUT2D eigenvalue weighted by molar-refractivity contribution is -0.121. The number of nitrogens with one attached hydrogen (secondary N) is 1. The number of anilines is 1. The predicted octanol–water partition coefficient (Wildman–Crippen LogP) is 2.54. The molecule has 1 unspecified atom stereocenters. The summed E-state index contributed by atoms with van der Waals surface area (Å²) in [5.74, 6) is 1.02. The summed E-state index contributed by atoms with van der Waals surface area (Å²) < 4.78 is 5.49. The van der Waals surface area contributed by atoms with E-state index in [1.807, 2.05) is 24.3 Å². The monoisotopic (exact) mass is 262 g/mol. The maximum atomic E-state index is 12.1. The van der Waals surface area contributed by atoms with Crippen molar-refractivity contribution in [2.45, 2.75) is 38.6 Å². The molecule has 0 aromatic heterocycles. The van der Waals surface area contributed by atoms with Crippen molar-refractivity contribution in [1.29, 1.82) is 0 Å². The van der Waals surface area contributed by atoms with Crippen LogP contribution >= 0.6 is 0 Å². The highest BCUT2D eigenvalue weighted by molar-refractivity contribution is 5.98. The van der Waals surface area contributed by atoms with Gasteiger partial charge in [0, 0.05) is 5.69 Å². The summed E-state index contributed by atoms with van der Waals surface area (Å²) in [7, 11) is 0. The van der Waals surface area contributed by atoms with E-state index >= 15 is 0 Å². The highest BCUT2D eigenvalue weighted by Gasteiger charge is 2.44. The summed E-state index contributed by atoms with van der Waals surface area (Å²) in [6, 6.07) is 7.39. The molecule has 4 heteroatoms. The number of ether oxygens (including phenoxy) is 1. The Hall–Kier alpha value is -1.55. The summed E-state index contributed by atoms with van der Waals surface area (Å²) in [4.78, 5) is 12.1. The number of carbonyl (C=O) groups excluding carboxylic acids is 1. The number of rotatable bonds is 6. The summed E-state index contributed by atoms with van der Waals surface area (Å²) in [5.41, 5.74) is 6.06. The maximum absolute atomic E-state index is 12.1. The van der Waals surface area contributed by atoms with Crippen LogP contribution in [0.2, 0.25) is 0 Å². The van der Waals surface area contributed by atoms with Crippen LogP contribution in [0, 0.1) is 5.92 Å². The summed E-state index contributed by atoms with van der Waals surface area (Å²) >= 11 is 0. The predicted molar refractivity (Wildman–Crippen MR) is 76.2 cm³/mol. The average Bonchev–Trinajstić information content (AvgIpc) is 3.22. The fourth-order valence-electron chi connectivity index (χ4n) is 1.99. The quantitative estimate of drug-likeness (QED) is 0.828. The van der Waals surface area contributed by atoms with Gasteiger partial charge in [-0.05, 0) is 56.4 Å². The van der Waals surface area contributed by atoms with Gasteiger partial charge < -0.3 is 15.8 Å². The van der Waals surface area contributed by atoms with Gasteiger partial charge in [0.25, 0.3) is 0 Å². The van der Waals surface area contributed by atoms with Crippen molar-refractivity contribution in [1.82, 2.24) is 0 Å². The molecule has 2 rings (SSSR count). The van der Waals surface area contributed by atoms with E-state index in [1.165, 1.54) is 0 Å². The van der Waals surface area contributed by atoms with Crippen molar-refractivity contribution >= 4 is 11.6 Å². The van der Waals surface area contributed by atoms with Gasteiger partial charge in [-0.1, -0.05) is 6.92 Å². The third kappa shape index (κ3) is 3.47. The maximum Gasteiger partial charge on any atom is 0.244 e. The average molecular weight is 262 g/mol. The summed E-state index contributed by atoms with van der Waals surface area (Å²) in [6.07, 6.45) is 3.07. The van der Waals surface area contributed by atoms with Crippen LogP contribution in [0.1, 0.15) is 33.1 Å². The molecule has 1 amide bonds. The first kappa shape index (κ1) is 13.9. The van der Waals surface area contributed by atoms with Gasteiger partial charge in [0.2, 0.25) is 5.91 Å². The van der Waals surface area contributed by atoms with Gasteiger partial charge >= 0.3 is 0 Å². The minimum absolute atomic E-state index is 0.114. The zero-order valence-corrected chi connectivity index (χ0v) is 11.6. The SMILES string of the molecule is CCCOc1ccc(NC(=O)C(C)(N)C2CC2)cc1. The molecule has 0 saturated heterocycles. The van der Waals surface area contributed by atoms with Crippen molar-refractivity contribution in [3.05, 3.63) is 24.3 Å². The minimum atomic E-state index is -0.766. The minimum Gasteiger partial charge on any atom is -0.494 e. The smallest absolute Gasteiger partial charge is 0.244 e. The van der Waals surface area contributed by atoms with Crippen LogP contribution in [-0.2, 0) is 4.79 Å². The molecule has 0 heterocycles. The highest BCUT2D eigenvalue weighted by atomic mass is 16.5. The molecule has 1 aliphatic rings. The van der Waals surface area contributed by atoms with Gasteiger partial charge in [-0.3, -0.25) is 4.79 Å². The van der Waals surface area contributed by atoms with E-state index < -0.39 is 5.54 Å². The molecular formula is C15H22N2O2. The molecule has 1 aliphatic carbocycles. The van der Waals surface area contributed by atoms with Crippen LogP contribution in [0.15, 0.2) is 24.3 Å². The molecule has 0 spiro atoms. The molecule has 0 radical (unpaired) electrons. The van der Waals surface area contributed by atoms with Crippen molar-refractivity contribution < 1.29 is 9.53 Å². The fourth-order valence-corrected chi connectivity index (χ4v) is 1.99. The Morgan fingerprint density at radius 1 is 1.42 bits per heavy atom. The van der Waals surface area contributed by atoms with Gasteiger partial charge in [0.15, 0.2) is 0 Å². The Labute approximate surface area is 114 Å². The van der Waals surface area contributed by atoms with Gasteiger partial charge in [-0.15, -0.1) is 0 Å². The van der Waals surface area contributed by atoms with Crippen LogP contribution < -0.4 is 15.8 Å². The van der Waals surface area contributed by atoms with Crippen molar-refractivity contribution in [2.75, 3.05) is 11.9 Å². The molecule has 0 bridgehead atoms. The van der Waals surface area contributed by atoms with Crippen LogP contribution in [0.4, 0.5) is 5.69 Å². The fraction of sp³-hybridized carbons (Fsp3) is 0.533. The van der Waals surface area contributed by atoms with E-state index in [1.54, 1.807) is 6.92 Å². The van der Waals surface area contributed by atoms with E-state index in [2.05, 4.69) is 12.2 Å². The Balaban J connectivity index is 1.93. The Bertz CT molecular complexity index is 436. The van der Waals surface area contributed by atoms with E-state index in [9.17, 15) is 4.79 Å². The Morgan fingerprint density at radius 2 is 2.05 bits per heavy atom. The molecule has 1 aromatic carbocycles. The third-order valence-electron chi connectivity index (χ3n) is 3.50. The lowest BCUT2D eigenvalue weighted by Crippen LogP contribution is -2.50. The molecular weight excluding hydrogens is 240 g/mol. The second-order valence-electron chi connectivity index (χ2n) is 5.38. The number of hydrogen-bond donors (Lipinski definition) is 2. The number of carbonyl (C=O) groups is 1. The Morgan fingerprint density at radius 3 is 2.58 bits per heavy atom. The first-order chi connectivity index (χ1) is 9.04. The van der Waals surface area contributed by atoms with Crippen LogP contribution in [0.5, 0.6) is 5.75 Å². The highest BCUT2D eigenvalue weighted by Crippen LogP contribution is 2.38. The standard InChI is InChI=1S/C15H22N2O2/c1-3-10-19-13-8-6-12(7-9-13)17-14(18)15(2,16)11-4-5-11/h6-9,11H,3-5,10,16H2,1-2H3,(H,17,18). The second kappa shape index (κ2) is 5.61. The molecule has 4 nitrogen and oxygen atoms in total. The topological polar surface area (TPSA) is 64.3 Å². The van der Waals surface area contributed by atoms with Crippen molar-refractivity contribution in [2.24, 2.45) is 11.7 Å². The third-order valence-corrected chi connectivity index (χ3v) is 3.50. The molecule has 19 heavy (non-hydrogen) atoms. The van der Waals surface area contributed by atoms with Gasteiger partial charge in [-0.2, -0.15) is 0 Å². The molecule has 3 N–H and O–H groups in total. The second-order valence-corrected chi connectivity index (χ2v) is 5.38. The van der Waals surface area contributed by atoms with Gasteiger partial charge in [0.05, 0.1) is 12.1 Å². The summed E-state index contributed by atoms with van der Waals surface area (Å²) in [6.45, 7) is 4.57.